The van der Waals surface area contributed by atoms with Gasteiger partial charge in [0.15, 0.2) is 0 Å². The Morgan fingerprint density at radius 2 is 1.76 bits per heavy atom. The van der Waals surface area contributed by atoms with Crippen molar-refractivity contribution in [3.8, 4) is 0 Å². The highest BCUT2D eigenvalue weighted by Gasteiger charge is 2.21. The lowest BCUT2D eigenvalue weighted by molar-refractivity contribution is 0.260. The number of hydrogen-bond acceptors (Lipinski definition) is 7. The smallest absolute Gasteiger partial charge is 0.231 e. The van der Waals surface area contributed by atoms with Gasteiger partial charge in [0.25, 0.3) is 0 Å². The van der Waals surface area contributed by atoms with Crippen molar-refractivity contribution in [1.29, 1.82) is 0 Å². The molecule has 2 rings (SSSR count). The van der Waals surface area contributed by atoms with Crippen LogP contribution in [0, 0.1) is 0 Å². The summed E-state index contributed by atoms with van der Waals surface area (Å²) >= 11 is 0. The zero-order valence-corrected chi connectivity index (χ0v) is 13.2. The molecular formula is C14H26N6O. The van der Waals surface area contributed by atoms with E-state index in [1.807, 2.05) is 13.8 Å². The van der Waals surface area contributed by atoms with Crippen LogP contribution >= 0.6 is 0 Å². The first-order valence-corrected chi connectivity index (χ1v) is 7.62. The van der Waals surface area contributed by atoms with E-state index in [1.165, 1.54) is 19.3 Å². The molecule has 1 aromatic rings. The number of piperidine rings is 1. The second-order valence-electron chi connectivity index (χ2n) is 6.06. The van der Waals surface area contributed by atoms with Crippen LogP contribution in [0.25, 0.3) is 0 Å². The minimum absolute atomic E-state index is 0.128. The van der Waals surface area contributed by atoms with Crippen LogP contribution in [0.2, 0.25) is 0 Å². The van der Waals surface area contributed by atoms with Crippen molar-refractivity contribution in [3.63, 3.8) is 0 Å². The van der Waals surface area contributed by atoms with E-state index in [0.29, 0.717) is 18.3 Å². The average Bonchev–Trinajstić information content (AvgIpc) is 2.47. The van der Waals surface area contributed by atoms with Crippen molar-refractivity contribution in [2.24, 2.45) is 0 Å². The van der Waals surface area contributed by atoms with Gasteiger partial charge in [-0.25, -0.2) is 0 Å². The molecule has 7 nitrogen and oxygen atoms in total. The summed E-state index contributed by atoms with van der Waals surface area (Å²) in [4.78, 5) is 15.6. The lowest BCUT2D eigenvalue weighted by Crippen LogP contribution is -2.35. The third-order valence-corrected chi connectivity index (χ3v) is 3.67. The van der Waals surface area contributed by atoms with E-state index < -0.39 is 0 Å². The molecule has 0 aliphatic carbocycles. The summed E-state index contributed by atoms with van der Waals surface area (Å²) in [7, 11) is 1.80. The predicted octanol–water partition coefficient (Wildman–Crippen LogP) is 1.48. The number of hydrogen-bond donors (Lipinski definition) is 3. The number of aliphatic hydroxyl groups excluding tert-OH is 1. The number of nitrogens with zero attached hydrogens (tertiary/aromatic N) is 4. The molecule has 1 fully saturated rings. The molecule has 0 bridgehead atoms. The highest BCUT2D eigenvalue weighted by molar-refractivity contribution is 5.44. The lowest BCUT2D eigenvalue weighted by atomic mass is 10.0. The van der Waals surface area contributed by atoms with E-state index in [2.05, 4.69) is 30.5 Å². The second kappa shape index (κ2) is 6.89. The summed E-state index contributed by atoms with van der Waals surface area (Å²) in [6.45, 7) is 6.15. The molecule has 118 valence electrons. The Labute approximate surface area is 126 Å². The molecule has 0 radical (unpaired) electrons. The third kappa shape index (κ3) is 4.42. The summed E-state index contributed by atoms with van der Waals surface area (Å²) < 4.78 is 0. The molecular weight excluding hydrogens is 268 g/mol. The SMILES string of the molecule is CNc1nc(NC(C)(C)CCO)nc(N2CCCCC2)n1. The Bertz CT molecular complexity index is 459. The average molecular weight is 294 g/mol. The second-order valence-corrected chi connectivity index (χ2v) is 6.06. The van der Waals surface area contributed by atoms with Crippen molar-refractivity contribution in [2.45, 2.75) is 45.1 Å². The van der Waals surface area contributed by atoms with Crippen LogP contribution < -0.4 is 15.5 Å². The maximum atomic E-state index is 9.13. The van der Waals surface area contributed by atoms with Crippen LogP contribution in [-0.2, 0) is 0 Å². The van der Waals surface area contributed by atoms with Crippen LogP contribution in [0.4, 0.5) is 17.8 Å². The fourth-order valence-corrected chi connectivity index (χ4v) is 2.41. The van der Waals surface area contributed by atoms with Gasteiger partial charge in [-0.2, -0.15) is 15.0 Å². The highest BCUT2D eigenvalue weighted by atomic mass is 16.3. The standard InChI is InChI=1S/C14H26N6O/c1-14(2,7-10-21)19-12-16-11(15-3)17-13(18-12)20-8-5-4-6-9-20/h21H,4-10H2,1-3H3,(H2,15,16,17,18,19). The van der Waals surface area contributed by atoms with Crippen LogP contribution in [-0.4, -0.2) is 52.3 Å². The summed E-state index contributed by atoms with van der Waals surface area (Å²) in [6.07, 6.45) is 4.26. The quantitative estimate of drug-likeness (QED) is 0.732. The maximum absolute atomic E-state index is 9.13. The molecule has 0 unspecified atom stereocenters. The first-order valence-electron chi connectivity index (χ1n) is 7.62. The Hall–Kier alpha value is -1.63. The molecule has 1 aliphatic heterocycles. The van der Waals surface area contributed by atoms with Crippen molar-refractivity contribution in [1.82, 2.24) is 15.0 Å². The van der Waals surface area contributed by atoms with Gasteiger partial charge in [0.2, 0.25) is 17.8 Å². The largest absolute Gasteiger partial charge is 0.396 e. The van der Waals surface area contributed by atoms with Gasteiger partial charge in [0, 0.05) is 32.3 Å². The molecule has 7 heteroatoms. The number of anilines is 3. The third-order valence-electron chi connectivity index (χ3n) is 3.67. The Morgan fingerprint density at radius 1 is 1.10 bits per heavy atom. The van der Waals surface area contributed by atoms with Gasteiger partial charge in [0.1, 0.15) is 0 Å². The van der Waals surface area contributed by atoms with Crippen LogP contribution in [0.3, 0.4) is 0 Å². The van der Waals surface area contributed by atoms with Gasteiger partial charge in [-0.05, 0) is 39.5 Å². The lowest BCUT2D eigenvalue weighted by Gasteiger charge is -2.29. The van der Waals surface area contributed by atoms with E-state index in [1.54, 1.807) is 7.05 Å². The Morgan fingerprint density at radius 3 is 2.38 bits per heavy atom. The van der Waals surface area contributed by atoms with Gasteiger partial charge in [0.05, 0.1) is 0 Å². The molecule has 21 heavy (non-hydrogen) atoms. The van der Waals surface area contributed by atoms with Gasteiger partial charge in [-0.1, -0.05) is 0 Å². The number of rotatable bonds is 6. The fraction of sp³-hybridized carbons (Fsp3) is 0.786. The first-order chi connectivity index (χ1) is 10.0. The van der Waals surface area contributed by atoms with Crippen LogP contribution in [0.15, 0.2) is 0 Å². The van der Waals surface area contributed by atoms with Gasteiger partial charge in [-0.15, -0.1) is 0 Å². The predicted molar refractivity (Wildman–Crippen MR) is 84.8 cm³/mol. The summed E-state index contributed by atoms with van der Waals surface area (Å²) in [5, 5.41) is 15.4. The highest BCUT2D eigenvalue weighted by Crippen LogP contribution is 2.21. The molecule has 0 amide bonds. The van der Waals surface area contributed by atoms with E-state index in [4.69, 9.17) is 5.11 Å². The van der Waals surface area contributed by atoms with Crippen molar-refractivity contribution >= 4 is 17.8 Å². The molecule has 0 saturated carbocycles. The minimum atomic E-state index is -0.264. The summed E-state index contributed by atoms with van der Waals surface area (Å²) in [5.41, 5.74) is -0.264. The van der Waals surface area contributed by atoms with E-state index in [0.717, 1.165) is 19.0 Å². The van der Waals surface area contributed by atoms with E-state index in [-0.39, 0.29) is 12.1 Å². The van der Waals surface area contributed by atoms with Crippen LogP contribution in [0.1, 0.15) is 39.5 Å². The normalized spacial score (nSPS) is 15.9. The topological polar surface area (TPSA) is 86.2 Å². The zero-order chi connectivity index (χ0) is 15.3. The van der Waals surface area contributed by atoms with Gasteiger partial charge < -0.3 is 20.6 Å². The molecule has 0 aromatic carbocycles. The van der Waals surface area contributed by atoms with Gasteiger partial charge in [-0.3, -0.25) is 0 Å². The van der Waals surface area contributed by atoms with Crippen molar-refractivity contribution in [3.05, 3.63) is 0 Å². The molecule has 1 aromatic heterocycles. The number of aromatic nitrogens is 3. The number of nitrogens with one attached hydrogen (secondary N) is 2. The summed E-state index contributed by atoms with van der Waals surface area (Å²) in [5.74, 6) is 1.83. The van der Waals surface area contributed by atoms with Crippen molar-refractivity contribution < 1.29 is 5.11 Å². The number of aliphatic hydroxyl groups is 1. The minimum Gasteiger partial charge on any atom is -0.396 e. The van der Waals surface area contributed by atoms with Crippen molar-refractivity contribution in [2.75, 3.05) is 42.3 Å². The maximum Gasteiger partial charge on any atom is 0.231 e. The van der Waals surface area contributed by atoms with E-state index in [9.17, 15) is 0 Å². The molecule has 1 aliphatic rings. The Balaban J connectivity index is 2.20. The molecule has 3 N–H and O–H groups in total. The Kier molecular flexibility index (Phi) is 5.17. The molecule has 0 atom stereocenters. The van der Waals surface area contributed by atoms with Crippen LogP contribution in [0.5, 0.6) is 0 Å². The monoisotopic (exact) mass is 294 g/mol. The zero-order valence-electron chi connectivity index (χ0n) is 13.2. The molecule has 2 heterocycles. The fourth-order valence-electron chi connectivity index (χ4n) is 2.41. The first kappa shape index (κ1) is 15.8. The van der Waals surface area contributed by atoms with E-state index >= 15 is 0 Å². The van der Waals surface area contributed by atoms with Gasteiger partial charge >= 0.3 is 0 Å². The molecule has 1 saturated heterocycles. The summed E-state index contributed by atoms with van der Waals surface area (Å²) in [6, 6.07) is 0. The molecule has 0 spiro atoms.